The summed E-state index contributed by atoms with van der Waals surface area (Å²) in [6.07, 6.45) is 5.74. The lowest BCUT2D eigenvalue weighted by Gasteiger charge is -2.33. The molecule has 168 valence electrons. The molecule has 1 unspecified atom stereocenters. The van der Waals surface area contributed by atoms with E-state index < -0.39 is 12.1 Å². The highest BCUT2D eigenvalue weighted by Crippen LogP contribution is 2.27. The molecular formula is C23H30FN3O4. The van der Waals surface area contributed by atoms with Crippen LogP contribution in [0, 0.1) is 5.82 Å². The molecule has 4 rings (SSSR count). The molecule has 0 spiro atoms. The number of aliphatic hydroxyl groups excluding tert-OH is 1. The molecule has 3 N–H and O–H groups in total. The smallest absolute Gasteiger partial charge is 0.315 e. The second-order valence-corrected chi connectivity index (χ2v) is 8.21. The number of amides is 2. The number of urea groups is 1. The molecule has 3 aliphatic rings. The number of carbonyl (C=O) groups is 1. The molecule has 8 heteroatoms. The summed E-state index contributed by atoms with van der Waals surface area (Å²) < 4.78 is 24.5. The first-order chi connectivity index (χ1) is 15.1. The largest absolute Gasteiger partial charge is 0.493 e. The van der Waals surface area contributed by atoms with Crippen LogP contribution in [0.25, 0.3) is 0 Å². The van der Waals surface area contributed by atoms with Gasteiger partial charge in [-0.1, -0.05) is 18.2 Å². The third-order valence-corrected chi connectivity index (χ3v) is 5.92. The van der Waals surface area contributed by atoms with Gasteiger partial charge in [0.15, 0.2) is 0 Å². The Bertz CT molecular complexity index is 821. The van der Waals surface area contributed by atoms with Crippen LogP contribution in [-0.4, -0.2) is 67.1 Å². The number of hydrogen-bond donors (Lipinski definition) is 3. The fourth-order valence-corrected chi connectivity index (χ4v) is 4.22. The summed E-state index contributed by atoms with van der Waals surface area (Å²) >= 11 is 0. The van der Waals surface area contributed by atoms with Gasteiger partial charge in [0.05, 0.1) is 12.6 Å². The Morgan fingerprint density at radius 1 is 1.23 bits per heavy atom. The first-order valence-corrected chi connectivity index (χ1v) is 10.9. The number of hydrogen-bond acceptors (Lipinski definition) is 5. The lowest BCUT2D eigenvalue weighted by atomic mass is 9.94. The minimum absolute atomic E-state index is 0.0892. The normalized spacial score (nSPS) is 23.1. The predicted molar refractivity (Wildman–Crippen MR) is 114 cm³/mol. The highest BCUT2D eigenvalue weighted by atomic mass is 19.1. The van der Waals surface area contributed by atoms with Crippen molar-refractivity contribution >= 4 is 6.03 Å². The molecular weight excluding hydrogens is 401 g/mol. The number of aliphatic hydroxyl groups is 1. The highest BCUT2D eigenvalue weighted by Gasteiger charge is 2.31. The maximum absolute atomic E-state index is 13.1. The zero-order valence-corrected chi connectivity index (χ0v) is 17.6. The van der Waals surface area contributed by atoms with Crippen LogP contribution in [0.5, 0.6) is 0 Å². The van der Waals surface area contributed by atoms with E-state index in [2.05, 4.69) is 15.5 Å². The minimum Gasteiger partial charge on any atom is -0.493 e. The zero-order valence-electron chi connectivity index (χ0n) is 17.6. The van der Waals surface area contributed by atoms with Gasteiger partial charge in [0.2, 0.25) is 0 Å². The Morgan fingerprint density at radius 2 is 2.00 bits per heavy atom. The molecule has 2 heterocycles. The maximum atomic E-state index is 13.1. The lowest BCUT2D eigenvalue weighted by molar-refractivity contribution is -0.0423. The average molecular weight is 432 g/mol. The van der Waals surface area contributed by atoms with Gasteiger partial charge in [-0.3, -0.25) is 0 Å². The van der Waals surface area contributed by atoms with Gasteiger partial charge in [0, 0.05) is 13.1 Å². The van der Waals surface area contributed by atoms with Gasteiger partial charge in [-0.15, -0.1) is 0 Å². The molecule has 2 fully saturated rings. The van der Waals surface area contributed by atoms with Crippen molar-refractivity contribution in [2.24, 2.45) is 0 Å². The van der Waals surface area contributed by atoms with Crippen molar-refractivity contribution < 1.29 is 23.8 Å². The number of nitrogens with one attached hydrogen (secondary N) is 2. The Kier molecular flexibility index (Phi) is 7.21. The molecule has 2 amide bonds. The topological polar surface area (TPSA) is 83.1 Å². The van der Waals surface area contributed by atoms with E-state index in [0.29, 0.717) is 26.2 Å². The predicted octanol–water partition coefficient (Wildman–Crippen LogP) is 2.08. The third kappa shape index (κ3) is 5.84. The first kappa shape index (κ1) is 21.8. The van der Waals surface area contributed by atoms with Crippen LogP contribution in [0.2, 0.25) is 0 Å². The van der Waals surface area contributed by atoms with Crippen molar-refractivity contribution in [3.63, 3.8) is 0 Å². The van der Waals surface area contributed by atoms with Gasteiger partial charge >= 0.3 is 6.03 Å². The molecule has 1 aliphatic carbocycles. The van der Waals surface area contributed by atoms with Gasteiger partial charge in [-0.25, -0.2) is 9.18 Å². The van der Waals surface area contributed by atoms with E-state index in [0.717, 1.165) is 42.8 Å². The number of rotatable bonds is 7. The van der Waals surface area contributed by atoms with Crippen molar-refractivity contribution in [2.45, 2.75) is 44.1 Å². The fraction of sp³-hybridized carbons (Fsp3) is 0.522. The van der Waals surface area contributed by atoms with Crippen LogP contribution in [0.15, 0.2) is 47.7 Å². The number of halogens is 1. The summed E-state index contributed by atoms with van der Waals surface area (Å²) in [5.41, 5.74) is 1.54. The van der Waals surface area contributed by atoms with Gasteiger partial charge in [-0.05, 0) is 61.7 Å². The Labute approximate surface area is 181 Å². The standard InChI is InChI=1S/C23H30FN3O4/c24-18-6-3-16(4-7-18)14-25-23(29)26-19(15-27-9-1-2-10-27)22(28)17-5-8-20-21(13-17)31-12-11-30-20/h3-7,13,19-20,22,28H,1-2,8-12,14-15H2,(H2,25,26,29)/t19-,20?,22-/m1/s1. The Hall–Kier alpha value is -2.42. The Balaban J connectivity index is 1.39. The summed E-state index contributed by atoms with van der Waals surface area (Å²) in [6, 6.07) is 5.15. The summed E-state index contributed by atoms with van der Waals surface area (Å²) in [6.45, 7) is 3.83. The second-order valence-electron chi connectivity index (χ2n) is 8.21. The summed E-state index contributed by atoms with van der Waals surface area (Å²) in [5, 5.41) is 16.9. The van der Waals surface area contributed by atoms with Gasteiger partial charge in [-0.2, -0.15) is 0 Å². The second kappa shape index (κ2) is 10.3. The van der Waals surface area contributed by atoms with Crippen LogP contribution in [0.3, 0.4) is 0 Å². The van der Waals surface area contributed by atoms with Crippen molar-refractivity contribution in [3.05, 3.63) is 59.1 Å². The molecule has 1 aromatic rings. The van der Waals surface area contributed by atoms with Crippen LogP contribution in [0.4, 0.5) is 9.18 Å². The van der Waals surface area contributed by atoms with Crippen molar-refractivity contribution in [3.8, 4) is 0 Å². The molecule has 3 atom stereocenters. The van der Waals surface area contributed by atoms with E-state index in [1.807, 2.05) is 12.2 Å². The Morgan fingerprint density at radius 3 is 2.77 bits per heavy atom. The lowest BCUT2D eigenvalue weighted by Crippen LogP contribution is -2.53. The summed E-state index contributed by atoms with van der Waals surface area (Å²) in [5.74, 6) is 0.426. The quantitative estimate of drug-likeness (QED) is 0.616. The van der Waals surface area contributed by atoms with Crippen LogP contribution in [0.1, 0.15) is 24.8 Å². The first-order valence-electron chi connectivity index (χ1n) is 10.9. The van der Waals surface area contributed by atoms with E-state index in [1.165, 1.54) is 12.1 Å². The van der Waals surface area contributed by atoms with Crippen molar-refractivity contribution in [1.29, 1.82) is 0 Å². The fourth-order valence-electron chi connectivity index (χ4n) is 4.22. The monoisotopic (exact) mass is 431 g/mol. The summed E-state index contributed by atoms with van der Waals surface area (Å²) in [4.78, 5) is 14.8. The number of benzene rings is 1. The van der Waals surface area contributed by atoms with Crippen LogP contribution < -0.4 is 10.6 Å². The molecule has 2 aliphatic heterocycles. The number of likely N-dealkylation sites (tertiary alicyclic amines) is 1. The minimum atomic E-state index is -0.865. The number of carbonyl (C=O) groups excluding carboxylic acids is 1. The molecule has 2 saturated heterocycles. The molecule has 1 aromatic carbocycles. The van der Waals surface area contributed by atoms with Gasteiger partial charge < -0.3 is 30.1 Å². The van der Waals surface area contributed by atoms with Crippen LogP contribution >= 0.6 is 0 Å². The highest BCUT2D eigenvalue weighted by molar-refractivity contribution is 5.74. The van der Waals surface area contributed by atoms with E-state index >= 15 is 0 Å². The summed E-state index contributed by atoms with van der Waals surface area (Å²) in [7, 11) is 0. The molecule has 0 aromatic heterocycles. The maximum Gasteiger partial charge on any atom is 0.315 e. The van der Waals surface area contributed by atoms with Crippen molar-refractivity contribution in [1.82, 2.24) is 15.5 Å². The number of fused-ring (bicyclic) bond motifs is 1. The molecule has 0 saturated carbocycles. The molecule has 0 radical (unpaired) electrons. The van der Waals surface area contributed by atoms with E-state index in [4.69, 9.17) is 9.47 Å². The van der Waals surface area contributed by atoms with E-state index in [1.54, 1.807) is 12.1 Å². The SMILES string of the molecule is O=C(NCc1ccc(F)cc1)N[C@H](CN1CCCC1)[C@H](O)C1=CCC2OCCOC2=C1. The van der Waals surface area contributed by atoms with E-state index in [9.17, 15) is 14.3 Å². The zero-order chi connectivity index (χ0) is 21.6. The van der Waals surface area contributed by atoms with Crippen molar-refractivity contribution in [2.75, 3.05) is 32.8 Å². The molecule has 0 bridgehead atoms. The van der Waals surface area contributed by atoms with E-state index in [-0.39, 0.29) is 24.5 Å². The average Bonchev–Trinajstić information content (AvgIpc) is 3.30. The molecule has 7 nitrogen and oxygen atoms in total. The van der Waals surface area contributed by atoms with Crippen LogP contribution in [-0.2, 0) is 16.0 Å². The molecule has 31 heavy (non-hydrogen) atoms. The van der Waals surface area contributed by atoms with Gasteiger partial charge in [0.1, 0.15) is 30.4 Å². The third-order valence-electron chi connectivity index (χ3n) is 5.92. The van der Waals surface area contributed by atoms with Gasteiger partial charge in [0.25, 0.3) is 0 Å². The number of ether oxygens (including phenoxy) is 2. The number of nitrogens with zero attached hydrogens (tertiary/aromatic N) is 1.